The first kappa shape index (κ1) is 16.1. The first-order valence-electron chi connectivity index (χ1n) is 7.77. The fourth-order valence-electron chi connectivity index (χ4n) is 2.82. The van der Waals surface area contributed by atoms with Crippen LogP contribution in [0.1, 0.15) is 31.8 Å². The normalized spacial score (nSPS) is 12.6. The van der Waals surface area contributed by atoms with E-state index in [-0.39, 0.29) is 11.6 Å². The van der Waals surface area contributed by atoms with E-state index in [1.807, 2.05) is 0 Å². The van der Waals surface area contributed by atoms with Crippen molar-refractivity contribution in [1.29, 1.82) is 0 Å². The van der Waals surface area contributed by atoms with Crippen LogP contribution in [0.15, 0.2) is 30.6 Å². The molecule has 0 atom stereocenters. The average molecular weight is 325 g/mol. The van der Waals surface area contributed by atoms with Crippen molar-refractivity contribution < 1.29 is 9.59 Å². The summed E-state index contributed by atoms with van der Waals surface area (Å²) >= 11 is 0. The molecule has 124 valence electrons. The molecule has 3 rings (SSSR count). The summed E-state index contributed by atoms with van der Waals surface area (Å²) in [6, 6.07) is 5.02. The van der Waals surface area contributed by atoms with Crippen LogP contribution in [0, 0.1) is 0 Å². The Labute approximate surface area is 139 Å². The van der Waals surface area contributed by atoms with Gasteiger partial charge in [-0.1, -0.05) is 0 Å². The van der Waals surface area contributed by atoms with Gasteiger partial charge in [-0.2, -0.15) is 0 Å². The number of hydrogen-bond acceptors (Lipinski definition) is 7. The summed E-state index contributed by atoms with van der Waals surface area (Å²) in [7, 11) is 0. The number of rotatable bonds is 6. The molecule has 2 aromatic rings. The Balaban J connectivity index is 2.16. The number of carbonyl (C=O) groups is 2. The van der Waals surface area contributed by atoms with E-state index in [9.17, 15) is 9.59 Å². The molecule has 7 nitrogen and oxygen atoms in total. The first-order valence-corrected chi connectivity index (χ1v) is 7.77. The number of nitrogens with zero attached hydrogens (tertiary/aromatic N) is 1. The lowest BCUT2D eigenvalue weighted by Crippen LogP contribution is -2.25. The molecule has 0 saturated heterocycles. The van der Waals surface area contributed by atoms with Crippen molar-refractivity contribution in [2.75, 3.05) is 36.8 Å². The third-order valence-electron chi connectivity index (χ3n) is 3.89. The van der Waals surface area contributed by atoms with E-state index in [1.54, 1.807) is 18.2 Å². The van der Waals surface area contributed by atoms with Crippen LogP contribution in [0.4, 0.5) is 11.4 Å². The Morgan fingerprint density at radius 1 is 0.875 bits per heavy atom. The van der Waals surface area contributed by atoms with Crippen molar-refractivity contribution in [3.05, 3.63) is 52.8 Å². The zero-order chi connectivity index (χ0) is 17.1. The number of hydrogen-bond donors (Lipinski definition) is 4. The van der Waals surface area contributed by atoms with Gasteiger partial charge in [-0.25, -0.2) is 0 Å². The van der Waals surface area contributed by atoms with Gasteiger partial charge in [0.1, 0.15) is 0 Å². The fourth-order valence-corrected chi connectivity index (χ4v) is 2.82. The average Bonchev–Trinajstić information content (AvgIpc) is 2.62. The second-order valence-electron chi connectivity index (χ2n) is 5.42. The van der Waals surface area contributed by atoms with E-state index in [4.69, 9.17) is 11.5 Å². The van der Waals surface area contributed by atoms with Crippen molar-refractivity contribution in [2.45, 2.75) is 0 Å². The number of aromatic nitrogens is 1. The zero-order valence-corrected chi connectivity index (χ0v) is 13.1. The van der Waals surface area contributed by atoms with E-state index < -0.39 is 0 Å². The molecule has 0 amide bonds. The van der Waals surface area contributed by atoms with Crippen LogP contribution < -0.4 is 22.1 Å². The molecular weight excluding hydrogens is 306 g/mol. The number of fused-ring (bicyclic) bond motifs is 2. The Kier molecular flexibility index (Phi) is 4.54. The van der Waals surface area contributed by atoms with E-state index in [2.05, 4.69) is 15.6 Å². The van der Waals surface area contributed by atoms with E-state index in [0.717, 1.165) is 5.69 Å². The van der Waals surface area contributed by atoms with E-state index in [0.29, 0.717) is 54.1 Å². The molecule has 0 saturated carbocycles. The number of nitrogens with one attached hydrogen (secondary N) is 2. The van der Waals surface area contributed by atoms with Gasteiger partial charge in [-0.05, 0) is 18.2 Å². The van der Waals surface area contributed by atoms with Gasteiger partial charge in [0.25, 0.3) is 0 Å². The monoisotopic (exact) mass is 325 g/mol. The van der Waals surface area contributed by atoms with Gasteiger partial charge in [0.05, 0.1) is 22.5 Å². The minimum absolute atomic E-state index is 0.196. The number of benzene rings is 1. The number of anilines is 2. The standard InChI is InChI=1S/C17H19N5O2/c18-4-7-21-13-2-1-11-14(15(13)22-8-5-19)17(24)10-3-6-20-9-12(10)16(11)23/h1-3,6,9,21-22H,4-5,7-8,18-19H2. The van der Waals surface area contributed by atoms with Crippen LogP contribution in [0.2, 0.25) is 0 Å². The van der Waals surface area contributed by atoms with Gasteiger partial charge in [0, 0.05) is 49.7 Å². The van der Waals surface area contributed by atoms with Crippen LogP contribution in [0.5, 0.6) is 0 Å². The number of pyridine rings is 1. The molecule has 0 spiro atoms. The second kappa shape index (κ2) is 6.77. The largest absolute Gasteiger partial charge is 0.382 e. The van der Waals surface area contributed by atoms with Crippen LogP contribution in [-0.4, -0.2) is 42.7 Å². The van der Waals surface area contributed by atoms with Crippen molar-refractivity contribution >= 4 is 22.9 Å². The summed E-state index contributed by atoms with van der Waals surface area (Å²) in [5.41, 5.74) is 13.9. The lowest BCUT2D eigenvalue weighted by atomic mass is 9.83. The quantitative estimate of drug-likeness (QED) is 0.523. The molecule has 1 aliphatic rings. The smallest absolute Gasteiger partial charge is 0.196 e. The molecular formula is C17H19N5O2. The van der Waals surface area contributed by atoms with Gasteiger partial charge in [0.15, 0.2) is 11.6 Å². The van der Waals surface area contributed by atoms with Gasteiger partial charge >= 0.3 is 0 Å². The predicted molar refractivity (Wildman–Crippen MR) is 92.6 cm³/mol. The molecule has 0 radical (unpaired) electrons. The minimum Gasteiger partial charge on any atom is -0.382 e. The lowest BCUT2D eigenvalue weighted by Gasteiger charge is -2.23. The molecule has 24 heavy (non-hydrogen) atoms. The Hall–Kier alpha value is -2.77. The highest BCUT2D eigenvalue weighted by Gasteiger charge is 2.32. The molecule has 7 heteroatoms. The van der Waals surface area contributed by atoms with E-state index in [1.165, 1.54) is 12.4 Å². The van der Waals surface area contributed by atoms with Gasteiger partial charge in [0.2, 0.25) is 0 Å². The molecule has 1 heterocycles. The Morgan fingerprint density at radius 3 is 2.38 bits per heavy atom. The summed E-state index contributed by atoms with van der Waals surface area (Å²) in [4.78, 5) is 29.6. The van der Waals surface area contributed by atoms with Crippen molar-refractivity contribution in [3.63, 3.8) is 0 Å². The SMILES string of the molecule is NCCNc1ccc2c(c1NCCN)C(=O)c1ccncc1C2=O. The van der Waals surface area contributed by atoms with Crippen LogP contribution in [0.25, 0.3) is 0 Å². The second-order valence-corrected chi connectivity index (χ2v) is 5.42. The molecule has 1 aliphatic carbocycles. The maximum atomic E-state index is 13.0. The zero-order valence-electron chi connectivity index (χ0n) is 13.1. The summed E-state index contributed by atoms with van der Waals surface area (Å²) < 4.78 is 0. The van der Waals surface area contributed by atoms with Crippen molar-refractivity contribution in [2.24, 2.45) is 11.5 Å². The molecule has 0 bridgehead atoms. The molecule has 6 N–H and O–H groups in total. The maximum Gasteiger partial charge on any atom is 0.196 e. The lowest BCUT2D eigenvalue weighted by molar-refractivity contribution is 0.0979. The van der Waals surface area contributed by atoms with Crippen LogP contribution in [0.3, 0.4) is 0 Å². The number of carbonyl (C=O) groups excluding carboxylic acids is 2. The highest BCUT2D eigenvalue weighted by molar-refractivity contribution is 6.30. The molecule has 0 unspecified atom stereocenters. The highest BCUT2D eigenvalue weighted by atomic mass is 16.1. The third kappa shape index (κ3) is 2.64. The molecule has 0 fully saturated rings. The van der Waals surface area contributed by atoms with Gasteiger partial charge in [-0.15, -0.1) is 0 Å². The minimum atomic E-state index is -0.200. The molecule has 1 aromatic heterocycles. The van der Waals surface area contributed by atoms with E-state index >= 15 is 0 Å². The number of ketones is 2. The highest BCUT2D eigenvalue weighted by Crippen LogP contribution is 2.36. The topological polar surface area (TPSA) is 123 Å². The number of nitrogens with two attached hydrogens (primary N) is 2. The molecule has 0 aliphatic heterocycles. The first-order chi connectivity index (χ1) is 11.7. The predicted octanol–water partition coefficient (Wildman–Crippen LogP) is 0.598. The third-order valence-corrected chi connectivity index (χ3v) is 3.89. The summed E-state index contributed by atoms with van der Waals surface area (Å²) in [5.74, 6) is -0.396. The van der Waals surface area contributed by atoms with Crippen molar-refractivity contribution in [3.8, 4) is 0 Å². The van der Waals surface area contributed by atoms with Crippen molar-refractivity contribution in [1.82, 2.24) is 4.98 Å². The fraction of sp³-hybridized carbons (Fsp3) is 0.235. The maximum absolute atomic E-state index is 13.0. The Bertz CT molecular complexity index is 804. The van der Waals surface area contributed by atoms with Crippen LogP contribution >= 0.6 is 0 Å². The summed E-state index contributed by atoms with van der Waals surface area (Å²) in [6.07, 6.45) is 2.95. The van der Waals surface area contributed by atoms with Crippen LogP contribution in [-0.2, 0) is 0 Å². The summed E-state index contributed by atoms with van der Waals surface area (Å²) in [5, 5.41) is 6.34. The molecule has 1 aromatic carbocycles. The van der Waals surface area contributed by atoms with Gasteiger partial charge in [-0.3, -0.25) is 14.6 Å². The van der Waals surface area contributed by atoms with Gasteiger partial charge < -0.3 is 22.1 Å². The summed E-state index contributed by atoms with van der Waals surface area (Å²) in [6.45, 7) is 1.90. The Morgan fingerprint density at radius 2 is 1.62 bits per heavy atom.